The van der Waals surface area contributed by atoms with Gasteiger partial charge in [-0.15, -0.1) is 11.3 Å². The van der Waals surface area contributed by atoms with Crippen LogP contribution in [-0.4, -0.2) is 18.7 Å². The first-order valence-electron chi connectivity index (χ1n) is 3.05. The van der Waals surface area contributed by atoms with Gasteiger partial charge in [0, 0.05) is 7.05 Å². The monoisotopic (exact) mass is 169 g/mol. The topological polar surface area (TPSA) is 46.2 Å². The fourth-order valence-corrected chi connectivity index (χ4v) is 1.29. The molecule has 11 heavy (non-hydrogen) atoms. The van der Waals surface area contributed by atoms with Crippen molar-refractivity contribution in [3.05, 3.63) is 22.4 Å². The van der Waals surface area contributed by atoms with Gasteiger partial charge < -0.3 is 5.32 Å². The number of ketones is 1. The molecule has 1 aromatic rings. The van der Waals surface area contributed by atoms with Gasteiger partial charge in [0.1, 0.15) is 0 Å². The third kappa shape index (κ3) is 1.65. The third-order valence-electron chi connectivity index (χ3n) is 1.18. The van der Waals surface area contributed by atoms with Crippen LogP contribution in [0.3, 0.4) is 0 Å². The zero-order chi connectivity index (χ0) is 8.27. The van der Waals surface area contributed by atoms with E-state index in [0.29, 0.717) is 4.88 Å². The average Bonchev–Trinajstić information content (AvgIpc) is 2.53. The number of likely N-dealkylation sites (N-methyl/N-ethyl adjacent to an activating group) is 1. The number of nitrogens with one attached hydrogen (secondary N) is 1. The van der Waals surface area contributed by atoms with E-state index >= 15 is 0 Å². The van der Waals surface area contributed by atoms with Gasteiger partial charge in [0.05, 0.1) is 4.88 Å². The Morgan fingerprint density at radius 1 is 1.55 bits per heavy atom. The summed E-state index contributed by atoms with van der Waals surface area (Å²) < 4.78 is 0. The molecule has 1 N–H and O–H groups in total. The van der Waals surface area contributed by atoms with Crippen molar-refractivity contribution in [2.75, 3.05) is 7.05 Å². The van der Waals surface area contributed by atoms with Crippen molar-refractivity contribution in [2.24, 2.45) is 0 Å². The van der Waals surface area contributed by atoms with Gasteiger partial charge in [-0.2, -0.15) is 0 Å². The summed E-state index contributed by atoms with van der Waals surface area (Å²) in [7, 11) is 1.44. The highest BCUT2D eigenvalue weighted by atomic mass is 32.1. The smallest absolute Gasteiger partial charge is 0.293 e. The van der Waals surface area contributed by atoms with Gasteiger partial charge in [-0.3, -0.25) is 9.59 Å². The van der Waals surface area contributed by atoms with Crippen LogP contribution in [0.1, 0.15) is 9.67 Å². The molecule has 0 aliphatic rings. The maximum Gasteiger partial charge on any atom is 0.293 e. The molecule has 0 spiro atoms. The van der Waals surface area contributed by atoms with Crippen LogP contribution in [0.4, 0.5) is 0 Å². The predicted molar refractivity (Wildman–Crippen MR) is 42.7 cm³/mol. The van der Waals surface area contributed by atoms with Crippen LogP contribution in [0.25, 0.3) is 0 Å². The number of rotatable bonds is 2. The van der Waals surface area contributed by atoms with E-state index in [4.69, 9.17) is 0 Å². The molecule has 1 heterocycles. The summed E-state index contributed by atoms with van der Waals surface area (Å²) in [6.45, 7) is 0. The molecule has 3 nitrogen and oxygen atoms in total. The Bertz CT molecular complexity index is 266. The van der Waals surface area contributed by atoms with Crippen LogP contribution in [-0.2, 0) is 4.79 Å². The van der Waals surface area contributed by atoms with Crippen molar-refractivity contribution in [3.63, 3.8) is 0 Å². The molecule has 0 bridgehead atoms. The van der Waals surface area contributed by atoms with Gasteiger partial charge >= 0.3 is 0 Å². The van der Waals surface area contributed by atoms with Crippen molar-refractivity contribution in [1.82, 2.24) is 5.32 Å². The molecule has 1 rings (SSSR count). The van der Waals surface area contributed by atoms with Crippen LogP contribution in [0.5, 0.6) is 0 Å². The molecular weight excluding hydrogens is 162 g/mol. The van der Waals surface area contributed by atoms with Crippen LogP contribution < -0.4 is 5.32 Å². The lowest BCUT2D eigenvalue weighted by Crippen LogP contribution is -2.26. The molecule has 58 valence electrons. The number of thiophene rings is 1. The molecule has 0 atom stereocenters. The number of hydrogen-bond donors (Lipinski definition) is 1. The Labute approximate surface area is 68.0 Å². The van der Waals surface area contributed by atoms with E-state index in [1.165, 1.54) is 18.4 Å². The summed E-state index contributed by atoms with van der Waals surface area (Å²) in [5, 5.41) is 4.03. The van der Waals surface area contributed by atoms with E-state index in [2.05, 4.69) is 5.32 Å². The van der Waals surface area contributed by atoms with Gasteiger partial charge in [0.2, 0.25) is 0 Å². The third-order valence-corrected chi connectivity index (χ3v) is 2.05. The van der Waals surface area contributed by atoms with Crippen molar-refractivity contribution in [2.45, 2.75) is 0 Å². The SMILES string of the molecule is CNC(=O)C(=O)c1cccs1. The summed E-state index contributed by atoms with van der Waals surface area (Å²) in [6, 6.07) is 3.36. The van der Waals surface area contributed by atoms with Gasteiger partial charge in [-0.05, 0) is 11.4 Å². The highest BCUT2D eigenvalue weighted by Gasteiger charge is 2.14. The fourth-order valence-electron chi connectivity index (χ4n) is 0.633. The average molecular weight is 169 g/mol. The molecule has 1 amide bonds. The zero-order valence-electron chi connectivity index (χ0n) is 5.96. The molecule has 0 saturated carbocycles. The fraction of sp³-hybridized carbons (Fsp3) is 0.143. The number of carbonyl (C=O) groups excluding carboxylic acids is 2. The van der Waals surface area contributed by atoms with Gasteiger partial charge in [0.15, 0.2) is 0 Å². The Kier molecular flexibility index (Phi) is 2.38. The maximum atomic E-state index is 11.0. The normalized spacial score (nSPS) is 9.18. The molecule has 0 aliphatic carbocycles. The molecule has 1 aromatic heterocycles. The quantitative estimate of drug-likeness (QED) is 0.522. The van der Waals surface area contributed by atoms with E-state index in [9.17, 15) is 9.59 Å². The Hall–Kier alpha value is -1.16. The summed E-state index contributed by atoms with van der Waals surface area (Å²) in [6.07, 6.45) is 0. The summed E-state index contributed by atoms with van der Waals surface area (Å²) in [5.41, 5.74) is 0. The van der Waals surface area contributed by atoms with Crippen LogP contribution in [0.2, 0.25) is 0 Å². The minimum absolute atomic E-state index is 0.470. The van der Waals surface area contributed by atoms with Gasteiger partial charge in [-0.1, -0.05) is 6.07 Å². The highest BCUT2D eigenvalue weighted by Crippen LogP contribution is 2.08. The van der Waals surface area contributed by atoms with E-state index in [1.54, 1.807) is 17.5 Å². The van der Waals surface area contributed by atoms with Crippen LogP contribution >= 0.6 is 11.3 Å². The summed E-state index contributed by atoms with van der Waals surface area (Å²) >= 11 is 1.26. The molecule has 0 aromatic carbocycles. The molecule has 0 unspecified atom stereocenters. The first-order valence-corrected chi connectivity index (χ1v) is 3.93. The largest absolute Gasteiger partial charge is 0.352 e. The lowest BCUT2D eigenvalue weighted by molar-refractivity contribution is -0.116. The Morgan fingerprint density at radius 3 is 2.73 bits per heavy atom. The first-order chi connectivity index (χ1) is 5.25. The van der Waals surface area contributed by atoms with Crippen LogP contribution in [0, 0.1) is 0 Å². The number of amides is 1. The number of carbonyl (C=O) groups is 2. The molecule has 0 radical (unpaired) electrons. The van der Waals surface area contributed by atoms with Gasteiger partial charge in [-0.25, -0.2) is 0 Å². The molecule has 4 heteroatoms. The second-order valence-electron chi connectivity index (χ2n) is 1.89. The lowest BCUT2D eigenvalue weighted by Gasteiger charge is -1.93. The molecule has 0 saturated heterocycles. The minimum atomic E-state index is -0.563. The standard InChI is InChI=1S/C7H7NO2S/c1-8-7(10)6(9)5-3-2-4-11-5/h2-4H,1H3,(H,8,10). The highest BCUT2D eigenvalue weighted by molar-refractivity contribution is 7.12. The Balaban J connectivity index is 2.79. The van der Waals surface area contributed by atoms with Crippen molar-refractivity contribution < 1.29 is 9.59 Å². The summed E-state index contributed by atoms with van der Waals surface area (Å²) in [5.74, 6) is -1.03. The second-order valence-corrected chi connectivity index (χ2v) is 2.83. The first kappa shape index (κ1) is 7.94. The number of Topliss-reactive ketones (excluding diaryl/α,β-unsaturated/α-hetero) is 1. The van der Waals surface area contributed by atoms with E-state index in [-0.39, 0.29) is 0 Å². The van der Waals surface area contributed by atoms with Crippen molar-refractivity contribution >= 4 is 23.0 Å². The summed E-state index contributed by atoms with van der Waals surface area (Å²) in [4.78, 5) is 22.3. The lowest BCUT2D eigenvalue weighted by atomic mass is 10.3. The van der Waals surface area contributed by atoms with Crippen LogP contribution in [0.15, 0.2) is 17.5 Å². The predicted octanol–water partition coefficient (Wildman–Crippen LogP) is 0.677. The maximum absolute atomic E-state index is 11.0. The van der Waals surface area contributed by atoms with E-state index < -0.39 is 11.7 Å². The second kappa shape index (κ2) is 3.30. The molecule has 0 fully saturated rings. The van der Waals surface area contributed by atoms with Crippen molar-refractivity contribution in [1.29, 1.82) is 0 Å². The van der Waals surface area contributed by atoms with Gasteiger partial charge in [0.25, 0.3) is 11.7 Å². The Morgan fingerprint density at radius 2 is 2.27 bits per heavy atom. The molecule has 0 aliphatic heterocycles. The minimum Gasteiger partial charge on any atom is -0.352 e. The molecular formula is C7H7NO2S. The van der Waals surface area contributed by atoms with Crippen molar-refractivity contribution in [3.8, 4) is 0 Å². The number of hydrogen-bond acceptors (Lipinski definition) is 3. The van der Waals surface area contributed by atoms with E-state index in [0.717, 1.165) is 0 Å². The zero-order valence-corrected chi connectivity index (χ0v) is 6.77. The van der Waals surface area contributed by atoms with E-state index in [1.807, 2.05) is 0 Å².